The molecule has 14 heavy (non-hydrogen) atoms. The molecule has 0 amide bonds. The number of halogens is 1. The van der Waals surface area contributed by atoms with Crippen molar-refractivity contribution in [2.45, 2.75) is 0 Å². The molecule has 0 fully saturated rings. The monoisotopic (exact) mass is 194 g/mol. The van der Waals surface area contributed by atoms with Crippen LogP contribution in [0.15, 0.2) is 23.3 Å². The average molecular weight is 194 g/mol. The molecular formula is C9H7FN2O2. The lowest BCUT2D eigenvalue weighted by Gasteiger charge is -2.03. The van der Waals surface area contributed by atoms with Crippen LogP contribution >= 0.6 is 0 Å². The van der Waals surface area contributed by atoms with Crippen molar-refractivity contribution in [1.29, 1.82) is 0 Å². The molecule has 0 spiro atoms. The van der Waals surface area contributed by atoms with Gasteiger partial charge in [-0.2, -0.15) is 0 Å². The highest BCUT2D eigenvalue weighted by molar-refractivity contribution is 5.83. The lowest BCUT2D eigenvalue weighted by molar-refractivity contribution is 0.416. The number of aromatic amines is 1. The van der Waals surface area contributed by atoms with Gasteiger partial charge in [0.25, 0.3) is 5.56 Å². The molecule has 1 aromatic carbocycles. The number of fused-ring (bicyclic) bond motifs is 1. The van der Waals surface area contributed by atoms with Crippen LogP contribution in [-0.4, -0.2) is 17.1 Å². The molecule has 2 aromatic rings. The van der Waals surface area contributed by atoms with Crippen LogP contribution in [0.2, 0.25) is 0 Å². The van der Waals surface area contributed by atoms with Crippen LogP contribution in [0.4, 0.5) is 4.39 Å². The van der Waals surface area contributed by atoms with Gasteiger partial charge in [0, 0.05) is 12.1 Å². The second kappa shape index (κ2) is 3.10. The normalized spacial score (nSPS) is 10.4. The van der Waals surface area contributed by atoms with Crippen molar-refractivity contribution in [3.05, 3.63) is 34.6 Å². The summed E-state index contributed by atoms with van der Waals surface area (Å²) in [5.74, 6) is -0.290. The van der Waals surface area contributed by atoms with Crippen LogP contribution in [0.1, 0.15) is 0 Å². The van der Waals surface area contributed by atoms with E-state index in [-0.39, 0.29) is 22.2 Å². The third kappa shape index (κ3) is 1.22. The van der Waals surface area contributed by atoms with Gasteiger partial charge in [0.1, 0.15) is 17.0 Å². The maximum atomic E-state index is 13.0. The molecule has 0 unspecified atom stereocenters. The zero-order valence-corrected chi connectivity index (χ0v) is 7.37. The predicted molar refractivity (Wildman–Crippen MR) is 48.9 cm³/mol. The lowest BCUT2D eigenvalue weighted by atomic mass is 10.2. The summed E-state index contributed by atoms with van der Waals surface area (Å²) in [7, 11) is 1.38. The van der Waals surface area contributed by atoms with Crippen molar-refractivity contribution < 1.29 is 9.13 Å². The molecule has 5 heteroatoms. The third-order valence-electron chi connectivity index (χ3n) is 1.89. The van der Waals surface area contributed by atoms with E-state index < -0.39 is 5.82 Å². The fourth-order valence-electron chi connectivity index (χ4n) is 1.29. The summed E-state index contributed by atoms with van der Waals surface area (Å²) in [6, 6.07) is 2.34. The van der Waals surface area contributed by atoms with Gasteiger partial charge in [0.15, 0.2) is 0 Å². The van der Waals surface area contributed by atoms with E-state index in [4.69, 9.17) is 4.74 Å². The number of ether oxygens (including phenoxy) is 1. The zero-order chi connectivity index (χ0) is 10.1. The minimum atomic E-state index is -0.479. The highest BCUT2D eigenvalue weighted by Crippen LogP contribution is 2.21. The molecule has 2 rings (SSSR count). The topological polar surface area (TPSA) is 55.0 Å². The Morgan fingerprint density at radius 3 is 3.00 bits per heavy atom. The number of nitrogens with zero attached hydrogens (tertiary/aromatic N) is 1. The van der Waals surface area contributed by atoms with E-state index in [0.29, 0.717) is 0 Å². The Kier molecular flexibility index (Phi) is 1.92. The van der Waals surface area contributed by atoms with Crippen molar-refractivity contribution in [1.82, 2.24) is 9.97 Å². The highest BCUT2D eigenvalue weighted by atomic mass is 19.1. The predicted octanol–water partition coefficient (Wildman–Crippen LogP) is 1.07. The van der Waals surface area contributed by atoms with E-state index in [1.54, 1.807) is 0 Å². The highest BCUT2D eigenvalue weighted by Gasteiger charge is 2.08. The van der Waals surface area contributed by atoms with Gasteiger partial charge in [-0.05, 0) is 0 Å². The molecule has 0 bridgehead atoms. The first-order valence-corrected chi connectivity index (χ1v) is 3.93. The Hall–Kier alpha value is -1.91. The largest absolute Gasteiger partial charge is 0.496 e. The molecule has 0 aliphatic rings. The van der Waals surface area contributed by atoms with E-state index in [1.807, 2.05) is 0 Å². The minimum Gasteiger partial charge on any atom is -0.496 e. The average Bonchev–Trinajstić information content (AvgIpc) is 2.16. The van der Waals surface area contributed by atoms with Gasteiger partial charge < -0.3 is 9.72 Å². The van der Waals surface area contributed by atoms with Crippen LogP contribution in [0.5, 0.6) is 5.75 Å². The number of rotatable bonds is 1. The second-order valence-corrected chi connectivity index (χ2v) is 2.73. The Morgan fingerprint density at radius 1 is 1.50 bits per heavy atom. The van der Waals surface area contributed by atoms with Crippen LogP contribution in [0.3, 0.4) is 0 Å². The van der Waals surface area contributed by atoms with Crippen LogP contribution in [-0.2, 0) is 0 Å². The molecule has 1 heterocycles. The molecule has 0 aliphatic carbocycles. The first-order valence-electron chi connectivity index (χ1n) is 3.93. The summed E-state index contributed by atoms with van der Waals surface area (Å²) >= 11 is 0. The molecule has 1 aromatic heterocycles. The van der Waals surface area contributed by atoms with Gasteiger partial charge >= 0.3 is 0 Å². The number of methoxy groups -OCH3 is 1. The molecule has 4 nitrogen and oxygen atoms in total. The van der Waals surface area contributed by atoms with Gasteiger partial charge in [-0.1, -0.05) is 0 Å². The summed E-state index contributed by atoms with van der Waals surface area (Å²) in [6.45, 7) is 0. The third-order valence-corrected chi connectivity index (χ3v) is 1.89. The van der Waals surface area contributed by atoms with Gasteiger partial charge in [-0.3, -0.25) is 4.79 Å². The molecular weight excluding hydrogens is 187 g/mol. The van der Waals surface area contributed by atoms with Gasteiger partial charge in [-0.25, -0.2) is 9.37 Å². The first-order chi connectivity index (χ1) is 6.72. The Labute approximate surface area is 78.4 Å². The van der Waals surface area contributed by atoms with Gasteiger partial charge in [-0.15, -0.1) is 0 Å². The van der Waals surface area contributed by atoms with E-state index in [2.05, 4.69) is 9.97 Å². The Morgan fingerprint density at radius 2 is 2.29 bits per heavy atom. The standard InChI is InChI=1S/C9H7FN2O2/c1-14-7-3-5(10)2-6-8(7)9(13)12-4-11-6/h2-4H,1H3,(H,11,12,13). The SMILES string of the molecule is COc1cc(F)cc2nc[nH]c(=O)c12. The van der Waals surface area contributed by atoms with Crippen molar-refractivity contribution in [2.75, 3.05) is 7.11 Å². The van der Waals surface area contributed by atoms with E-state index in [9.17, 15) is 9.18 Å². The molecule has 72 valence electrons. The first kappa shape index (κ1) is 8.68. The summed E-state index contributed by atoms with van der Waals surface area (Å²) in [5, 5.41) is 0.261. The fraction of sp³-hybridized carbons (Fsp3) is 0.111. The second-order valence-electron chi connectivity index (χ2n) is 2.73. The summed E-state index contributed by atoms with van der Waals surface area (Å²) in [5.41, 5.74) is -0.0579. The maximum absolute atomic E-state index is 13.0. The smallest absolute Gasteiger partial charge is 0.262 e. The molecule has 0 atom stereocenters. The minimum absolute atomic E-state index is 0.189. The number of aromatic nitrogens is 2. The van der Waals surface area contributed by atoms with E-state index >= 15 is 0 Å². The molecule has 0 radical (unpaired) electrons. The fourth-order valence-corrected chi connectivity index (χ4v) is 1.29. The lowest BCUT2D eigenvalue weighted by Crippen LogP contribution is -2.08. The Bertz CT molecular complexity index is 536. The van der Waals surface area contributed by atoms with Gasteiger partial charge in [0.2, 0.25) is 0 Å². The van der Waals surface area contributed by atoms with Crippen molar-refractivity contribution in [3.8, 4) is 5.75 Å². The molecule has 1 N–H and O–H groups in total. The molecule has 0 saturated carbocycles. The number of H-pyrrole nitrogens is 1. The number of hydrogen-bond acceptors (Lipinski definition) is 3. The summed E-state index contributed by atoms with van der Waals surface area (Å²) < 4.78 is 17.9. The number of hydrogen-bond donors (Lipinski definition) is 1. The van der Waals surface area contributed by atoms with Crippen molar-refractivity contribution in [2.24, 2.45) is 0 Å². The molecule has 0 saturated heterocycles. The quantitative estimate of drug-likeness (QED) is 0.738. The van der Waals surface area contributed by atoms with Crippen molar-refractivity contribution in [3.63, 3.8) is 0 Å². The Balaban J connectivity index is 2.96. The van der Waals surface area contributed by atoms with E-state index in [1.165, 1.54) is 19.5 Å². The zero-order valence-electron chi connectivity index (χ0n) is 7.37. The summed E-state index contributed by atoms with van der Waals surface area (Å²) in [4.78, 5) is 17.6. The summed E-state index contributed by atoms with van der Waals surface area (Å²) in [6.07, 6.45) is 1.23. The van der Waals surface area contributed by atoms with Gasteiger partial charge in [0.05, 0.1) is 19.0 Å². The van der Waals surface area contributed by atoms with E-state index in [0.717, 1.165) is 6.07 Å². The molecule has 0 aliphatic heterocycles. The van der Waals surface area contributed by atoms with Crippen LogP contribution in [0.25, 0.3) is 10.9 Å². The van der Waals surface area contributed by atoms with Crippen molar-refractivity contribution >= 4 is 10.9 Å². The number of benzene rings is 1. The van der Waals surface area contributed by atoms with Crippen LogP contribution < -0.4 is 10.3 Å². The maximum Gasteiger partial charge on any atom is 0.262 e. The number of nitrogens with one attached hydrogen (secondary N) is 1. The van der Waals surface area contributed by atoms with Crippen LogP contribution in [0, 0.1) is 5.82 Å².